The van der Waals surface area contributed by atoms with Crippen LogP contribution in [-0.4, -0.2) is 30.4 Å². The molecule has 0 radical (unpaired) electrons. The number of nitrogens with one attached hydrogen (secondary N) is 1. The molecular weight excluding hydrogens is 328 g/mol. The number of carbonyl (C=O) groups excluding carboxylic acids is 1. The van der Waals surface area contributed by atoms with Gasteiger partial charge in [0.2, 0.25) is 5.91 Å². The summed E-state index contributed by atoms with van der Waals surface area (Å²) in [6.45, 7) is 3.40. The number of nitrogens with zero attached hydrogens (tertiary/aromatic N) is 1. The molecule has 3 rings (SSSR count). The molecule has 0 spiro atoms. The molecule has 1 amide bonds. The molecule has 3 nitrogen and oxygen atoms in total. The summed E-state index contributed by atoms with van der Waals surface area (Å²) in [5.41, 5.74) is 1.22. The summed E-state index contributed by atoms with van der Waals surface area (Å²) in [6.07, 6.45) is 0.893. The summed E-state index contributed by atoms with van der Waals surface area (Å²) >= 11 is 1.73. The van der Waals surface area contributed by atoms with E-state index in [9.17, 15) is 4.79 Å². The first kappa shape index (κ1) is 17.6. The zero-order chi connectivity index (χ0) is 17.6. The van der Waals surface area contributed by atoms with Gasteiger partial charge in [0, 0.05) is 18.0 Å². The fourth-order valence-corrected chi connectivity index (χ4v) is 3.58. The van der Waals surface area contributed by atoms with Gasteiger partial charge >= 0.3 is 0 Å². The van der Waals surface area contributed by atoms with E-state index in [1.165, 1.54) is 21.2 Å². The second kappa shape index (κ2) is 8.28. The lowest BCUT2D eigenvalue weighted by Crippen LogP contribution is -2.43. The maximum absolute atomic E-state index is 12.4. The van der Waals surface area contributed by atoms with Gasteiger partial charge in [0.05, 0.1) is 6.04 Å². The number of hydrogen-bond acceptors (Lipinski definition) is 3. The van der Waals surface area contributed by atoms with E-state index >= 15 is 0 Å². The molecule has 1 atom stereocenters. The average Bonchev–Trinajstić information content (AvgIpc) is 3.14. The summed E-state index contributed by atoms with van der Waals surface area (Å²) in [5, 5.41) is 7.59. The molecule has 0 fully saturated rings. The third-order valence-corrected chi connectivity index (χ3v) is 5.47. The lowest BCUT2D eigenvalue weighted by atomic mass is 10.1. The highest BCUT2D eigenvalue weighted by molar-refractivity contribution is 7.09. The van der Waals surface area contributed by atoms with E-state index in [1.807, 2.05) is 20.0 Å². The number of rotatable bonds is 7. The van der Waals surface area contributed by atoms with Crippen LogP contribution >= 0.6 is 11.3 Å². The van der Waals surface area contributed by atoms with Gasteiger partial charge in [0.1, 0.15) is 0 Å². The van der Waals surface area contributed by atoms with E-state index in [-0.39, 0.29) is 11.9 Å². The van der Waals surface area contributed by atoms with Crippen molar-refractivity contribution in [1.82, 2.24) is 10.2 Å². The molecule has 1 aromatic heterocycles. The van der Waals surface area contributed by atoms with Crippen LogP contribution < -0.4 is 5.32 Å². The van der Waals surface area contributed by atoms with Crippen molar-refractivity contribution in [2.24, 2.45) is 0 Å². The van der Waals surface area contributed by atoms with E-state index in [2.05, 4.69) is 64.1 Å². The fraction of sp³-hybridized carbons (Fsp3) is 0.286. The molecule has 0 aliphatic carbocycles. The van der Waals surface area contributed by atoms with Crippen LogP contribution in [-0.2, 0) is 17.8 Å². The smallest absolute Gasteiger partial charge is 0.237 e. The summed E-state index contributed by atoms with van der Waals surface area (Å²) in [6, 6.07) is 18.8. The SMILES string of the molecule is C[C@@H](C(=O)NCCc1cccs1)N(C)Cc1ccc2ccccc2c1. The molecule has 3 aromatic rings. The molecule has 0 saturated carbocycles. The Labute approximate surface area is 153 Å². The molecule has 1 N–H and O–H groups in total. The van der Waals surface area contributed by atoms with E-state index < -0.39 is 0 Å². The Morgan fingerprint density at radius 3 is 2.68 bits per heavy atom. The lowest BCUT2D eigenvalue weighted by molar-refractivity contribution is -0.125. The summed E-state index contributed by atoms with van der Waals surface area (Å²) < 4.78 is 0. The van der Waals surface area contributed by atoms with Gasteiger partial charge in [0.15, 0.2) is 0 Å². The van der Waals surface area contributed by atoms with Crippen LogP contribution in [0.1, 0.15) is 17.4 Å². The van der Waals surface area contributed by atoms with Crippen LogP contribution in [0.3, 0.4) is 0 Å². The first-order chi connectivity index (χ1) is 12.1. The monoisotopic (exact) mass is 352 g/mol. The van der Waals surface area contributed by atoms with Gasteiger partial charge in [0.25, 0.3) is 0 Å². The predicted octanol–water partition coefficient (Wildman–Crippen LogP) is 4.08. The van der Waals surface area contributed by atoms with Crippen LogP contribution in [0.4, 0.5) is 0 Å². The minimum Gasteiger partial charge on any atom is -0.354 e. The number of carbonyl (C=O) groups is 1. The number of benzene rings is 2. The highest BCUT2D eigenvalue weighted by Crippen LogP contribution is 2.17. The average molecular weight is 353 g/mol. The predicted molar refractivity (Wildman–Crippen MR) is 106 cm³/mol. The van der Waals surface area contributed by atoms with E-state index in [0.29, 0.717) is 6.54 Å². The Hall–Kier alpha value is -2.17. The molecule has 2 aromatic carbocycles. The Balaban J connectivity index is 1.53. The van der Waals surface area contributed by atoms with Crippen molar-refractivity contribution in [2.75, 3.05) is 13.6 Å². The zero-order valence-corrected chi connectivity index (χ0v) is 15.6. The summed E-state index contributed by atoms with van der Waals surface area (Å²) in [5.74, 6) is 0.0832. The lowest BCUT2D eigenvalue weighted by Gasteiger charge is -2.24. The third kappa shape index (κ3) is 4.68. The number of fused-ring (bicyclic) bond motifs is 1. The van der Waals surface area contributed by atoms with Crippen molar-refractivity contribution < 1.29 is 4.79 Å². The van der Waals surface area contributed by atoms with E-state index in [4.69, 9.17) is 0 Å². The molecule has 0 saturated heterocycles. The van der Waals surface area contributed by atoms with Crippen molar-refractivity contribution in [3.63, 3.8) is 0 Å². The Morgan fingerprint density at radius 1 is 1.12 bits per heavy atom. The maximum atomic E-state index is 12.4. The van der Waals surface area contributed by atoms with Crippen molar-refractivity contribution in [2.45, 2.75) is 25.9 Å². The highest BCUT2D eigenvalue weighted by Gasteiger charge is 2.17. The minimum absolute atomic E-state index is 0.0832. The number of likely N-dealkylation sites (N-methyl/N-ethyl adjacent to an activating group) is 1. The molecule has 0 unspecified atom stereocenters. The number of amides is 1. The van der Waals surface area contributed by atoms with Gasteiger partial charge in [-0.05, 0) is 54.2 Å². The zero-order valence-electron chi connectivity index (χ0n) is 14.7. The quantitative estimate of drug-likeness (QED) is 0.695. The van der Waals surface area contributed by atoms with Crippen molar-refractivity contribution in [1.29, 1.82) is 0 Å². The van der Waals surface area contributed by atoms with Crippen molar-refractivity contribution >= 4 is 28.0 Å². The van der Waals surface area contributed by atoms with Crippen LogP contribution in [0.15, 0.2) is 60.0 Å². The first-order valence-electron chi connectivity index (χ1n) is 8.61. The second-order valence-corrected chi connectivity index (χ2v) is 7.43. The molecular formula is C21H24N2OS. The molecule has 25 heavy (non-hydrogen) atoms. The Kier molecular flexibility index (Phi) is 5.84. The van der Waals surface area contributed by atoms with Crippen molar-refractivity contribution in [3.05, 3.63) is 70.4 Å². The Morgan fingerprint density at radius 2 is 1.92 bits per heavy atom. The Bertz CT molecular complexity index is 829. The fourth-order valence-electron chi connectivity index (χ4n) is 2.87. The third-order valence-electron chi connectivity index (χ3n) is 4.54. The summed E-state index contributed by atoms with van der Waals surface area (Å²) in [4.78, 5) is 15.8. The molecule has 0 bridgehead atoms. The molecule has 0 aliphatic rings. The highest BCUT2D eigenvalue weighted by atomic mass is 32.1. The number of thiophene rings is 1. The van der Waals surface area contributed by atoms with Gasteiger partial charge in [-0.1, -0.05) is 42.5 Å². The van der Waals surface area contributed by atoms with Crippen LogP contribution in [0, 0.1) is 0 Å². The second-order valence-electron chi connectivity index (χ2n) is 6.39. The van der Waals surface area contributed by atoms with Gasteiger partial charge in [-0.25, -0.2) is 0 Å². The standard InChI is InChI=1S/C21H24N2OS/c1-16(21(24)22-12-11-20-8-5-13-25-20)23(2)15-17-9-10-18-6-3-4-7-19(18)14-17/h3-10,13-14,16H,11-12,15H2,1-2H3,(H,22,24)/t16-/m0/s1. The minimum atomic E-state index is -0.158. The van der Waals surface area contributed by atoms with Crippen LogP contribution in [0.25, 0.3) is 10.8 Å². The van der Waals surface area contributed by atoms with Crippen LogP contribution in [0.2, 0.25) is 0 Å². The van der Waals surface area contributed by atoms with Crippen LogP contribution in [0.5, 0.6) is 0 Å². The molecule has 0 aliphatic heterocycles. The summed E-state index contributed by atoms with van der Waals surface area (Å²) in [7, 11) is 2.00. The van der Waals surface area contributed by atoms with E-state index in [0.717, 1.165) is 13.0 Å². The molecule has 1 heterocycles. The normalized spacial score (nSPS) is 12.4. The van der Waals surface area contributed by atoms with Gasteiger partial charge in [-0.15, -0.1) is 11.3 Å². The van der Waals surface area contributed by atoms with Gasteiger partial charge < -0.3 is 5.32 Å². The van der Waals surface area contributed by atoms with Gasteiger partial charge in [-0.2, -0.15) is 0 Å². The maximum Gasteiger partial charge on any atom is 0.237 e. The van der Waals surface area contributed by atoms with E-state index in [1.54, 1.807) is 11.3 Å². The number of hydrogen-bond donors (Lipinski definition) is 1. The van der Waals surface area contributed by atoms with Gasteiger partial charge in [-0.3, -0.25) is 9.69 Å². The molecule has 130 valence electrons. The molecule has 4 heteroatoms. The topological polar surface area (TPSA) is 32.3 Å². The largest absolute Gasteiger partial charge is 0.354 e. The van der Waals surface area contributed by atoms with Crippen molar-refractivity contribution in [3.8, 4) is 0 Å². The first-order valence-corrected chi connectivity index (χ1v) is 9.49.